The summed E-state index contributed by atoms with van der Waals surface area (Å²) in [4.78, 5) is 32.7. The Morgan fingerprint density at radius 1 is 0.944 bits per heavy atom. The summed E-state index contributed by atoms with van der Waals surface area (Å²) in [6, 6.07) is 12.5. The number of piperazine rings is 1. The van der Waals surface area contributed by atoms with E-state index in [1.807, 2.05) is 34.8 Å². The minimum Gasteiger partial charge on any atom is -0.497 e. The quantitative estimate of drug-likeness (QED) is 0.216. The molecule has 4 aromatic rings. The highest BCUT2D eigenvalue weighted by Crippen LogP contribution is 2.48. The van der Waals surface area contributed by atoms with Crippen LogP contribution in [0.25, 0.3) is 33.8 Å². The molecule has 0 radical (unpaired) electrons. The van der Waals surface area contributed by atoms with Crippen LogP contribution in [-0.4, -0.2) is 88.5 Å². The molecule has 2 atom stereocenters. The number of hydrogen-bond acceptors (Lipinski definition) is 7. The number of allylic oxidation sites excluding steroid dienone is 1. The third kappa shape index (κ3) is 5.87. The van der Waals surface area contributed by atoms with Gasteiger partial charge in [-0.05, 0) is 97.7 Å². The molecule has 2 bridgehead atoms. The summed E-state index contributed by atoms with van der Waals surface area (Å²) in [7, 11) is -0.217. The van der Waals surface area contributed by atoms with Crippen molar-refractivity contribution in [3.05, 3.63) is 70.5 Å². The minimum atomic E-state index is -3.79. The Kier molecular flexibility index (Phi) is 8.96. The van der Waals surface area contributed by atoms with E-state index in [-0.39, 0.29) is 11.9 Å². The molecule has 2 amide bonds. The predicted octanol–water partition coefficient (Wildman–Crippen LogP) is 6.57. The number of hydrogen-bond donors (Lipinski definition) is 1. The van der Waals surface area contributed by atoms with Gasteiger partial charge in [0.1, 0.15) is 5.75 Å². The van der Waals surface area contributed by atoms with Gasteiger partial charge in [0.15, 0.2) is 0 Å². The van der Waals surface area contributed by atoms with Crippen LogP contribution in [0.5, 0.6) is 5.75 Å². The summed E-state index contributed by atoms with van der Waals surface area (Å²) in [6.45, 7) is 5.23. The summed E-state index contributed by atoms with van der Waals surface area (Å²) < 4.78 is 38.7. The SMILES string of the molecule is CCN1C[C@H]2C[C@@H]1CN2C(=O)c1cnn(C)c1C1=Cc2cc(OC)ccc2-c2c(C3CCCCC3)c3ccc(C(=O)NS(=O)(=O)C4CCCC4)cc3n2C1. The molecule has 4 fully saturated rings. The molecule has 11 nitrogen and oxygen atoms in total. The lowest BCUT2D eigenvalue weighted by Crippen LogP contribution is -2.48. The molecule has 0 unspecified atom stereocenters. The van der Waals surface area contributed by atoms with Gasteiger partial charge in [-0.1, -0.05) is 45.1 Å². The fraction of sp³-hybridized carbons (Fsp3) is 0.500. The van der Waals surface area contributed by atoms with Crippen molar-refractivity contribution >= 4 is 44.4 Å². The van der Waals surface area contributed by atoms with E-state index in [0.717, 1.165) is 109 Å². The molecule has 2 saturated carbocycles. The summed E-state index contributed by atoms with van der Waals surface area (Å²) in [5, 5.41) is 5.21. The number of rotatable bonds is 8. The van der Waals surface area contributed by atoms with Gasteiger partial charge in [-0.3, -0.25) is 19.2 Å². The number of amides is 2. The van der Waals surface area contributed by atoms with Gasteiger partial charge in [0.2, 0.25) is 10.0 Å². The highest BCUT2D eigenvalue weighted by atomic mass is 32.2. The van der Waals surface area contributed by atoms with E-state index in [1.54, 1.807) is 19.4 Å². The Balaban J connectivity index is 1.19. The number of sulfonamides is 1. The van der Waals surface area contributed by atoms with Crippen molar-refractivity contribution in [2.75, 3.05) is 26.7 Å². The predicted molar refractivity (Wildman–Crippen MR) is 210 cm³/mol. The van der Waals surface area contributed by atoms with E-state index in [9.17, 15) is 18.0 Å². The van der Waals surface area contributed by atoms with E-state index < -0.39 is 21.2 Å². The standard InChI is InChI=1S/C42H50N6O5S/c1-4-46-24-31-21-30(46)25-47(31)42(50)36-22-43-45(2)39(36)29-18-28-19-32(53-3)15-17-34(28)40-38(26-10-6-5-7-11-26)35-16-14-27(20-37(35)48(40)23-29)41(49)44-54(51,52)33-12-8-9-13-33/h14-20,22,26,30-31,33H,4-13,21,23-25H2,1-3H3,(H,44,49)/t30-,31-/m1/s1. The molecule has 284 valence electrons. The normalized spacial score (nSPS) is 22.0. The maximum atomic E-state index is 14.4. The van der Waals surface area contributed by atoms with Crippen LogP contribution in [0.15, 0.2) is 42.6 Å². The van der Waals surface area contributed by atoms with Crippen LogP contribution in [0.3, 0.4) is 0 Å². The molecule has 12 heteroatoms. The van der Waals surface area contributed by atoms with Gasteiger partial charge >= 0.3 is 0 Å². The van der Waals surface area contributed by atoms with Gasteiger partial charge in [-0.25, -0.2) is 13.1 Å². The molecule has 2 saturated heterocycles. The average molecular weight is 751 g/mol. The molecule has 5 aliphatic rings. The first kappa shape index (κ1) is 35.3. The van der Waals surface area contributed by atoms with Crippen LogP contribution in [0.2, 0.25) is 0 Å². The second-order valence-corrected chi connectivity index (χ2v) is 18.0. The van der Waals surface area contributed by atoms with Crippen LogP contribution in [0.4, 0.5) is 0 Å². The Morgan fingerprint density at radius 2 is 1.72 bits per heavy atom. The summed E-state index contributed by atoms with van der Waals surface area (Å²) in [5.74, 6) is 0.485. The van der Waals surface area contributed by atoms with Gasteiger partial charge < -0.3 is 14.2 Å². The Labute approximate surface area is 317 Å². The molecule has 2 aromatic carbocycles. The van der Waals surface area contributed by atoms with Crippen molar-refractivity contribution < 1.29 is 22.7 Å². The number of fused-ring (bicyclic) bond motifs is 7. The van der Waals surface area contributed by atoms with Gasteiger partial charge in [-0.15, -0.1) is 0 Å². The number of likely N-dealkylation sites (tertiary alicyclic amines) is 2. The van der Waals surface area contributed by atoms with Crippen LogP contribution in [0.1, 0.15) is 115 Å². The van der Waals surface area contributed by atoms with Crippen LogP contribution >= 0.6 is 0 Å². The zero-order chi connectivity index (χ0) is 37.3. The molecule has 3 aliphatic heterocycles. The Morgan fingerprint density at radius 3 is 2.44 bits per heavy atom. The van der Waals surface area contributed by atoms with Crippen LogP contribution in [0, 0.1) is 0 Å². The Bertz CT molecular complexity index is 2290. The number of carbonyl (C=O) groups is 2. The molecule has 0 spiro atoms. The highest BCUT2D eigenvalue weighted by Gasteiger charge is 2.45. The fourth-order valence-corrected chi connectivity index (χ4v) is 11.8. The first-order valence-electron chi connectivity index (χ1n) is 19.8. The fourth-order valence-electron chi connectivity index (χ4n) is 10.3. The van der Waals surface area contributed by atoms with Gasteiger partial charge in [-0.2, -0.15) is 5.10 Å². The van der Waals surface area contributed by atoms with Crippen molar-refractivity contribution in [3.63, 3.8) is 0 Å². The lowest BCUT2D eigenvalue weighted by Gasteiger charge is -2.33. The number of methoxy groups -OCH3 is 1. The van der Waals surface area contributed by atoms with E-state index in [1.165, 1.54) is 12.0 Å². The maximum absolute atomic E-state index is 14.4. The number of likely N-dealkylation sites (N-methyl/N-ethyl adjacent to an activating group) is 1. The Hall–Kier alpha value is -4.42. The van der Waals surface area contributed by atoms with E-state index in [4.69, 9.17) is 4.74 Å². The van der Waals surface area contributed by atoms with E-state index in [2.05, 4.69) is 44.4 Å². The van der Waals surface area contributed by atoms with Crippen molar-refractivity contribution in [3.8, 4) is 17.0 Å². The molecular weight excluding hydrogens is 701 g/mol. The van der Waals surface area contributed by atoms with Gasteiger partial charge in [0, 0.05) is 54.3 Å². The zero-order valence-corrected chi connectivity index (χ0v) is 32.3. The van der Waals surface area contributed by atoms with Crippen molar-refractivity contribution in [1.29, 1.82) is 0 Å². The van der Waals surface area contributed by atoms with Crippen molar-refractivity contribution in [2.45, 2.75) is 101 Å². The molecule has 2 aromatic heterocycles. The molecule has 9 rings (SSSR count). The topological polar surface area (TPSA) is 119 Å². The minimum absolute atomic E-state index is 0.0141. The molecule has 2 aliphatic carbocycles. The number of carbonyl (C=O) groups excluding carboxylic acids is 2. The van der Waals surface area contributed by atoms with Gasteiger partial charge in [0.05, 0.1) is 42.1 Å². The van der Waals surface area contributed by atoms with Gasteiger partial charge in [0.25, 0.3) is 11.8 Å². The highest BCUT2D eigenvalue weighted by molar-refractivity contribution is 7.90. The third-order valence-electron chi connectivity index (χ3n) is 13.0. The summed E-state index contributed by atoms with van der Waals surface area (Å²) in [6.07, 6.45) is 13.4. The number of aryl methyl sites for hydroxylation is 1. The average Bonchev–Trinajstić information content (AvgIpc) is 4.03. The second kappa shape index (κ2) is 13.7. The van der Waals surface area contributed by atoms with E-state index in [0.29, 0.717) is 42.5 Å². The monoisotopic (exact) mass is 750 g/mol. The summed E-state index contributed by atoms with van der Waals surface area (Å²) in [5.41, 5.74) is 7.89. The second-order valence-electron chi connectivity index (χ2n) is 16.0. The first-order valence-corrected chi connectivity index (χ1v) is 21.4. The maximum Gasteiger partial charge on any atom is 0.264 e. The lowest BCUT2D eigenvalue weighted by atomic mass is 9.81. The zero-order valence-electron chi connectivity index (χ0n) is 31.5. The largest absolute Gasteiger partial charge is 0.497 e. The third-order valence-corrected chi connectivity index (χ3v) is 14.8. The number of aromatic nitrogens is 3. The molecule has 54 heavy (non-hydrogen) atoms. The number of benzene rings is 2. The molecular formula is C42H50N6O5S. The van der Waals surface area contributed by atoms with Crippen molar-refractivity contribution in [1.82, 2.24) is 28.9 Å². The molecule has 1 N–H and O–H groups in total. The van der Waals surface area contributed by atoms with Crippen LogP contribution in [-0.2, 0) is 23.6 Å². The van der Waals surface area contributed by atoms with E-state index >= 15 is 0 Å². The summed E-state index contributed by atoms with van der Waals surface area (Å²) >= 11 is 0. The molecule has 5 heterocycles. The number of ether oxygens (including phenoxy) is 1. The number of nitrogens with zero attached hydrogens (tertiary/aromatic N) is 5. The smallest absolute Gasteiger partial charge is 0.264 e. The number of nitrogens with one attached hydrogen (secondary N) is 1. The van der Waals surface area contributed by atoms with Crippen molar-refractivity contribution in [2.24, 2.45) is 7.05 Å². The van der Waals surface area contributed by atoms with Crippen LogP contribution < -0.4 is 9.46 Å². The first-order chi connectivity index (χ1) is 26.1. The lowest BCUT2D eigenvalue weighted by molar-refractivity contribution is 0.0630.